The van der Waals surface area contributed by atoms with Crippen LogP contribution < -0.4 is 5.32 Å². The number of nitrogens with one attached hydrogen (secondary N) is 1. The van der Waals surface area contributed by atoms with Gasteiger partial charge in [0.05, 0.1) is 13.1 Å². The van der Waals surface area contributed by atoms with Gasteiger partial charge in [-0.3, -0.25) is 0 Å². The van der Waals surface area contributed by atoms with Crippen molar-refractivity contribution in [2.45, 2.75) is 32.9 Å². The van der Waals surface area contributed by atoms with Gasteiger partial charge in [0.15, 0.2) is 0 Å². The third-order valence-corrected chi connectivity index (χ3v) is 3.86. The molecule has 7 heteroatoms. The minimum Gasteiger partial charge on any atom is -0.338 e. The molecule has 2 amide bonds. The molecule has 0 bridgehead atoms. The maximum absolute atomic E-state index is 13.1. The summed E-state index contributed by atoms with van der Waals surface area (Å²) in [6.07, 6.45) is 1.52. The van der Waals surface area contributed by atoms with Gasteiger partial charge in [0, 0.05) is 13.1 Å². The first-order valence-electron chi connectivity index (χ1n) is 7.79. The molecule has 0 saturated heterocycles. The molecule has 0 saturated carbocycles. The van der Waals surface area contributed by atoms with Crippen LogP contribution in [0.4, 0.5) is 9.18 Å². The number of carbonyl (C=O) groups excluding carboxylic acids is 1. The van der Waals surface area contributed by atoms with Crippen LogP contribution in [0.1, 0.15) is 23.6 Å². The Hall–Kier alpha value is -2.44. The Kier molecular flexibility index (Phi) is 4.55. The van der Waals surface area contributed by atoms with E-state index in [0.29, 0.717) is 26.2 Å². The average Bonchev–Trinajstić information content (AvgIpc) is 2.90. The lowest BCUT2D eigenvalue weighted by atomic mass is 10.1. The molecule has 1 aliphatic heterocycles. The van der Waals surface area contributed by atoms with Crippen LogP contribution in [0.2, 0.25) is 0 Å². The summed E-state index contributed by atoms with van der Waals surface area (Å²) in [4.78, 5) is 18.2. The summed E-state index contributed by atoms with van der Waals surface area (Å²) < 4.78 is 14.9. The van der Waals surface area contributed by atoms with E-state index >= 15 is 0 Å². The van der Waals surface area contributed by atoms with E-state index in [1.54, 1.807) is 11.0 Å². The van der Waals surface area contributed by atoms with Crippen molar-refractivity contribution in [2.24, 2.45) is 0 Å². The third-order valence-electron chi connectivity index (χ3n) is 3.86. The molecule has 6 nitrogen and oxygen atoms in total. The molecule has 0 radical (unpaired) electrons. The highest BCUT2D eigenvalue weighted by Gasteiger charge is 2.22. The standard InChI is InChI=1S/C16H20FN5O/c1-12-19-15-11-21(8-9-22(15)20-12)16(23)18-7-3-5-13-4-2-6-14(17)10-13/h2,4,6,10H,3,5,7-9,11H2,1H3,(H,18,23). The fraction of sp³-hybridized carbons (Fsp3) is 0.438. The van der Waals surface area contributed by atoms with E-state index in [2.05, 4.69) is 15.4 Å². The molecule has 0 atom stereocenters. The Morgan fingerprint density at radius 3 is 3.09 bits per heavy atom. The number of benzene rings is 1. The van der Waals surface area contributed by atoms with Gasteiger partial charge in [-0.2, -0.15) is 5.10 Å². The highest BCUT2D eigenvalue weighted by atomic mass is 19.1. The first kappa shape index (κ1) is 15.5. The Morgan fingerprint density at radius 2 is 2.26 bits per heavy atom. The molecular formula is C16H20FN5O. The van der Waals surface area contributed by atoms with Crippen molar-refractivity contribution in [3.05, 3.63) is 47.3 Å². The second-order valence-corrected chi connectivity index (χ2v) is 5.69. The molecule has 2 aromatic rings. The molecule has 1 aromatic heterocycles. The zero-order valence-electron chi connectivity index (χ0n) is 13.1. The monoisotopic (exact) mass is 317 g/mol. The van der Waals surface area contributed by atoms with Crippen molar-refractivity contribution in [3.8, 4) is 0 Å². The second-order valence-electron chi connectivity index (χ2n) is 5.69. The van der Waals surface area contributed by atoms with Gasteiger partial charge in [-0.15, -0.1) is 0 Å². The largest absolute Gasteiger partial charge is 0.338 e. The molecule has 2 heterocycles. The first-order valence-corrected chi connectivity index (χ1v) is 7.79. The zero-order chi connectivity index (χ0) is 16.2. The van der Waals surface area contributed by atoms with Crippen LogP contribution in [-0.4, -0.2) is 38.8 Å². The Labute approximate surface area is 134 Å². The molecule has 0 spiro atoms. The number of fused-ring (bicyclic) bond motifs is 1. The maximum atomic E-state index is 13.1. The number of rotatable bonds is 4. The summed E-state index contributed by atoms with van der Waals surface area (Å²) in [7, 11) is 0. The van der Waals surface area contributed by atoms with Gasteiger partial charge in [-0.1, -0.05) is 12.1 Å². The van der Waals surface area contributed by atoms with Crippen LogP contribution in [0.15, 0.2) is 24.3 Å². The highest BCUT2D eigenvalue weighted by Crippen LogP contribution is 2.10. The van der Waals surface area contributed by atoms with Crippen molar-refractivity contribution in [1.29, 1.82) is 0 Å². The fourth-order valence-electron chi connectivity index (χ4n) is 2.73. The number of halogens is 1. The molecule has 1 aromatic carbocycles. The minimum absolute atomic E-state index is 0.0869. The summed E-state index contributed by atoms with van der Waals surface area (Å²) >= 11 is 0. The molecule has 0 unspecified atom stereocenters. The summed E-state index contributed by atoms with van der Waals surface area (Å²) in [5.74, 6) is 1.33. The van der Waals surface area contributed by atoms with Crippen molar-refractivity contribution in [1.82, 2.24) is 25.0 Å². The van der Waals surface area contributed by atoms with Crippen molar-refractivity contribution >= 4 is 6.03 Å². The van der Waals surface area contributed by atoms with Gasteiger partial charge in [-0.05, 0) is 37.5 Å². The Morgan fingerprint density at radius 1 is 1.39 bits per heavy atom. The lowest BCUT2D eigenvalue weighted by Gasteiger charge is -2.26. The molecule has 122 valence electrons. The molecular weight excluding hydrogens is 297 g/mol. The molecule has 1 N–H and O–H groups in total. The van der Waals surface area contributed by atoms with Gasteiger partial charge in [-0.25, -0.2) is 18.9 Å². The fourth-order valence-corrected chi connectivity index (χ4v) is 2.73. The number of aromatic nitrogens is 3. The van der Waals surface area contributed by atoms with Crippen LogP contribution in [0.5, 0.6) is 0 Å². The molecule has 1 aliphatic rings. The first-order chi connectivity index (χ1) is 11.1. The van der Waals surface area contributed by atoms with Gasteiger partial charge in [0.25, 0.3) is 0 Å². The molecule has 23 heavy (non-hydrogen) atoms. The number of hydrogen-bond donors (Lipinski definition) is 1. The molecule has 0 aliphatic carbocycles. The smallest absolute Gasteiger partial charge is 0.317 e. The van der Waals surface area contributed by atoms with E-state index in [1.165, 1.54) is 12.1 Å². The van der Waals surface area contributed by atoms with Crippen LogP contribution >= 0.6 is 0 Å². The van der Waals surface area contributed by atoms with Crippen LogP contribution in [0.25, 0.3) is 0 Å². The van der Waals surface area contributed by atoms with E-state index < -0.39 is 0 Å². The normalized spacial score (nSPS) is 13.7. The lowest BCUT2D eigenvalue weighted by Crippen LogP contribution is -2.44. The second kappa shape index (κ2) is 6.76. The number of hydrogen-bond acceptors (Lipinski definition) is 3. The number of amides is 2. The Balaban J connectivity index is 1.43. The quantitative estimate of drug-likeness (QED) is 0.876. The van der Waals surface area contributed by atoms with Crippen LogP contribution in [0.3, 0.4) is 0 Å². The number of aryl methyl sites for hydroxylation is 2. The summed E-state index contributed by atoms with van der Waals surface area (Å²) in [5, 5.41) is 7.19. The van der Waals surface area contributed by atoms with E-state index in [4.69, 9.17) is 0 Å². The minimum atomic E-state index is -0.223. The predicted molar refractivity (Wildman–Crippen MR) is 83.3 cm³/mol. The average molecular weight is 317 g/mol. The van der Waals surface area contributed by atoms with Gasteiger partial charge in [0.1, 0.15) is 17.5 Å². The highest BCUT2D eigenvalue weighted by molar-refractivity contribution is 5.74. The number of nitrogens with zero attached hydrogens (tertiary/aromatic N) is 4. The van der Waals surface area contributed by atoms with Crippen molar-refractivity contribution in [2.75, 3.05) is 13.1 Å². The topological polar surface area (TPSA) is 63.1 Å². The molecule has 3 rings (SSSR count). The summed E-state index contributed by atoms with van der Waals surface area (Å²) in [6, 6.07) is 6.47. The lowest BCUT2D eigenvalue weighted by molar-refractivity contribution is 0.179. The molecule has 0 fully saturated rings. The van der Waals surface area contributed by atoms with E-state index in [9.17, 15) is 9.18 Å². The van der Waals surface area contributed by atoms with Gasteiger partial charge >= 0.3 is 6.03 Å². The summed E-state index contributed by atoms with van der Waals surface area (Å²) in [6.45, 7) is 4.20. The number of urea groups is 1. The summed E-state index contributed by atoms with van der Waals surface area (Å²) in [5.41, 5.74) is 0.945. The van der Waals surface area contributed by atoms with Gasteiger partial charge in [0.2, 0.25) is 0 Å². The van der Waals surface area contributed by atoms with Crippen LogP contribution in [-0.2, 0) is 19.5 Å². The zero-order valence-corrected chi connectivity index (χ0v) is 13.1. The van der Waals surface area contributed by atoms with Gasteiger partial charge < -0.3 is 10.2 Å². The van der Waals surface area contributed by atoms with E-state index in [1.807, 2.05) is 17.7 Å². The van der Waals surface area contributed by atoms with Crippen molar-refractivity contribution in [3.63, 3.8) is 0 Å². The van der Waals surface area contributed by atoms with E-state index in [0.717, 1.165) is 30.1 Å². The SMILES string of the molecule is Cc1nc2n(n1)CCN(C(=O)NCCCc1cccc(F)c1)C2. The Bertz CT molecular complexity index is 700. The number of carbonyl (C=O) groups is 1. The third kappa shape index (κ3) is 3.85. The van der Waals surface area contributed by atoms with E-state index in [-0.39, 0.29) is 11.8 Å². The van der Waals surface area contributed by atoms with Crippen molar-refractivity contribution < 1.29 is 9.18 Å². The predicted octanol–water partition coefficient (Wildman–Crippen LogP) is 1.88. The maximum Gasteiger partial charge on any atom is 0.317 e. The van der Waals surface area contributed by atoms with Crippen LogP contribution in [0, 0.1) is 12.7 Å².